The Balaban J connectivity index is 2.03. The zero-order chi connectivity index (χ0) is 24.1. The molecule has 1 saturated carbocycles. The van der Waals surface area contributed by atoms with Crippen molar-refractivity contribution in [2.45, 2.75) is 30.6 Å². The van der Waals surface area contributed by atoms with Gasteiger partial charge < -0.3 is 4.90 Å². The molecule has 2 aromatic carbocycles. The number of hydrogen-bond donors (Lipinski definition) is 0. The summed E-state index contributed by atoms with van der Waals surface area (Å²) in [5, 5.41) is 4.87. The van der Waals surface area contributed by atoms with Crippen LogP contribution >= 0.6 is 11.6 Å². The van der Waals surface area contributed by atoms with Crippen LogP contribution in [-0.4, -0.2) is 39.3 Å². The fourth-order valence-corrected chi connectivity index (χ4v) is 3.99. The normalized spacial score (nSPS) is 15.8. The van der Waals surface area contributed by atoms with Crippen LogP contribution in [0.2, 0.25) is 5.02 Å². The largest absolute Gasteiger partial charge is 0.416 e. The first kappa shape index (κ1) is 23.1. The number of amides is 1. The van der Waals surface area contributed by atoms with E-state index in [1.165, 1.54) is 30.8 Å². The minimum atomic E-state index is -4.77. The smallest absolute Gasteiger partial charge is 0.346 e. The van der Waals surface area contributed by atoms with Gasteiger partial charge in [-0.3, -0.25) is 9.36 Å². The molecule has 3 aromatic rings. The van der Waals surface area contributed by atoms with Crippen molar-refractivity contribution in [3.8, 4) is 11.4 Å². The summed E-state index contributed by atoms with van der Waals surface area (Å²) in [7, 11) is 2.78. The van der Waals surface area contributed by atoms with E-state index in [0.717, 1.165) is 34.6 Å². The highest BCUT2D eigenvalue weighted by molar-refractivity contribution is 6.30. The zero-order valence-electron chi connectivity index (χ0n) is 17.9. The summed E-state index contributed by atoms with van der Waals surface area (Å²) in [6.07, 6.45) is -3.33. The maximum atomic E-state index is 13.9. The topological polar surface area (TPSA) is 60.1 Å². The van der Waals surface area contributed by atoms with Crippen molar-refractivity contribution in [3.05, 3.63) is 82.1 Å². The monoisotopic (exact) mass is 477 g/mol. The summed E-state index contributed by atoms with van der Waals surface area (Å²) < 4.78 is 43.9. The average molecular weight is 478 g/mol. The Hall–Kier alpha value is -3.07. The predicted molar refractivity (Wildman–Crippen MR) is 118 cm³/mol. The van der Waals surface area contributed by atoms with Crippen molar-refractivity contribution in [1.82, 2.24) is 19.2 Å². The van der Waals surface area contributed by atoms with Gasteiger partial charge in [0.05, 0.1) is 5.56 Å². The van der Waals surface area contributed by atoms with Crippen LogP contribution < -0.4 is 5.69 Å². The van der Waals surface area contributed by atoms with E-state index in [-0.39, 0.29) is 11.9 Å². The average Bonchev–Trinajstić information content (AvgIpc) is 3.54. The van der Waals surface area contributed by atoms with Crippen molar-refractivity contribution in [1.29, 1.82) is 0 Å². The molecule has 1 radical (unpaired) electrons. The Bertz CT molecular complexity index is 1260. The lowest BCUT2D eigenvalue weighted by atomic mass is 9.86. The number of carbonyl (C=O) groups excluding carboxylic acids is 1. The molecular formula is C23H21ClF3N4O2. The van der Waals surface area contributed by atoms with Gasteiger partial charge in [0.25, 0.3) is 5.91 Å². The zero-order valence-corrected chi connectivity index (χ0v) is 18.7. The molecule has 1 unspecified atom stereocenters. The molecule has 0 bridgehead atoms. The minimum Gasteiger partial charge on any atom is -0.346 e. The highest BCUT2D eigenvalue weighted by Crippen LogP contribution is 2.40. The number of nitrogens with zero attached hydrogens (tertiary/aromatic N) is 4. The summed E-state index contributed by atoms with van der Waals surface area (Å²) in [4.78, 5) is 28.0. The molecule has 1 fully saturated rings. The standard InChI is InChI=1S/C23H21ClF3N4O2/c1-22(20(32)29(2)3,17-6-4-5-7-18(17)23(25,26)27)31-21(33)30(16-12-13-16)19(28-31)14-8-10-15(24)11-9-14/h4-11,16H,1,12-13H2,2-3H3. The highest BCUT2D eigenvalue weighted by Gasteiger charge is 2.48. The fourth-order valence-electron chi connectivity index (χ4n) is 3.87. The Morgan fingerprint density at radius 1 is 1.09 bits per heavy atom. The van der Waals surface area contributed by atoms with Crippen LogP contribution in [0, 0.1) is 6.92 Å². The molecule has 0 spiro atoms. The lowest BCUT2D eigenvalue weighted by Crippen LogP contribution is -2.52. The van der Waals surface area contributed by atoms with Gasteiger partial charge in [0.2, 0.25) is 0 Å². The quantitative estimate of drug-likeness (QED) is 0.548. The molecule has 4 rings (SSSR count). The molecule has 1 atom stereocenters. The van der Waals surface area contributed by atoms with E-state index >= 15 is 0 Å². The number of rotatable bonds is 5. The van der Waals surface area contributed by atoms with Gasteiger partial charge in [-0.1, -0.05) is 29.8 Å². The Kier molecular flexibility index (Phi) is 5.64. The SMILES string of the molecule is [CH2]C(C(=O)N(C)C)(c1ccccc1C(F)(F)F)n1nc(-c2ccc(Cl)cc2)n(C2CC2)c1=O. The molecule has 1 heterocycles. The van der Waals surface area contributed by atoms with Gasteiger partial charge in [-0.15, -0.1) is 5.10 Å². The van der Waals surface area contributed by atoms with Crippen molar-refractivity contribution in [2.24, 2.45) is 0 Å². The summed E-state index contributed by atoms with van der Waals surface area (Å²) in [6.45, 7) is 3.88. The lowest BCUT2D eigenvalue weighted by molar-refractivity contribution is -0.141. The number of likely N-dealkylation sites (N-methyl/N-ethyl adjacent to an activating group) is 1. The molecule has 0 aliphatic heterocycles. The molecule has 10 heteroatoms. The highest BCUT2D eigenvalue weighted by atomic mass is 35.5. The van der Waals surface area contributed by atoms with E-state index in [2.05, 4.69) is 12.0 Å². The van der Waals surface area contributed by atoms with Crippen molar-refractivity contribution < 1.29 is 18.0 Å². The molecule has 1 amide bonds. The molecule has 0 saturated heterocycles. The van der Waals surface area contributed by atoms with E-state index < -0.39 is 34.4 Å². The molecule has 1 aliphatic carbocycles. The Morgan fingerprint density at radius 3 is 2.18 bits per heavy atom. The molecule has 1 aromatic heterocycles. The molecular weight excluding hydrogens is 457 g/mol. The van der Waals surface area contributed by atoms with E-state index in [9.17, 15) is 22.8 Å². The number of aromatic nitrogens is 3. The van der Waals surface area contributed by atoms with Crippen LogP contribution in [0.5, 0.6) is 0 Å². The Labute approximate surface area is 193 Å². The van der Waals surface area contributed by atoms with Crippen LogP contribution in [0.25, 0.3) is 11.4 Å². The number of hydrogen-bond acceptors (Lipinski definition) is 3. The third-order valence-electron chi connectivity index (χ3n) is 5.62. The minimum absolute atomic E-state index is 0.159. The number of carbonyl (C=O) groups is 1. The van der Waals surface area contributed by atoms with Gasteiger partial charge in [-0.2, -0.15) is 17.9 Å². The van der Waals surface area contributed by atoms with E-state index in [0.29, 0.717) is 10.6 Å². The summed E-state index contributed by atoms with van der Waals surface area (Å²) in [5.74, 6) is -0.576. The van der Waals surface area contributed by atoms with Gasteiger partial charge in [-0.05, 0) is 50.1 Å². The van der Waals surface area contributed by atoms with Gasteiger partial charge in [-0.25, -0.2) is 4.79 Å². The summed E-state index contributed by atoms with van der Waals surface area (Å²) in [6, 6.07) is 11.0. The van der Waals surface area contributed by atoms with Crippen LogP contribution in [0.3, 0.4) is 0 Å². The van der Waals surface area contributed by atoms with Gasteiger partial charge in [0.15, 0.2) is 11.4 Å². The molecule has 1 aliphatic rings. The number of alkyl halides is 3. The van der Waals surface area contributed by atoms with Crippen LogP contribution in [0.15, 0.2) is 53.3 Å². The van der Waals surface area contributed by atoms with E-state index in [1.54, 1.807) is 24.3 Å². The van der Waals surface area contributed by atoms with Crippen LogP contribution in [0.1, 0.15) is 30.0 Å². The number of halogens is 4. The van der Waals surface area contributed by atoms with Gasteiger partial charge in [0.1, 0.15) is 0 Å². The first-order valence-corrected chi connectivity index (χ1v) is 10.6. The van der Waals surface area contributed by atoms with Crippen LogP contribution in [0.4, 0.5) is 13.2 Å². The summed E-state index contributed by atoms with van der Waals surface area (Å²) in [5.41, 5.74) is -3.96. The second-order valence-corrected chi connectivity index (χ2v) is 8.67. The van der Waals surface area contributed by atoms with Crippen molar-refractivity contribution in [3.63, 3.8) is 0 Å². The third kappa shape index (κ3) is 3.94. The second kappa shape index (κ2) is 8.06. The number of benzene rings is 2. The van der Waals surface area contributed by atoms with E-state index in [1.807, 2.05) is 0 Å². The molecule has 33 heavy (non-hydrogen) atoms. The Morgan fingerprint density at radius 2 is 1.67 bits per heavy atom. The van der Waals surface area contributed by atoms with Crippen molar-refractivity contribution in [2.75, 3.05) is 14.1 Å². The second-order valence-electron chi connectivity index (χ2n) is 8.23. The first-order chi connectivity index (χ1) is 15.5. The molecule has 6 nitrogen and oxygen atoms in total. The fraction of sp³-hybridized carbons (Fsp3) is 0.304. The predicted octanol–water partition coefficient (Wildman–Crippen LogP) is 4.38. The van der Waals surface area contributed by atoms with E-state index in [4.69, 9.17) is 11.6 Å². The van der Waals surface area contributed by atoms with Crippen molar-refractivity contribution >= 4 is 17.5 Å². The molecule has 173 valence electrons. The summed E-state index contributed by atoms with van der Waals surface area (Å²) >= 11 is 5.98. The maximum absolute atomic E-state index is 13.9. The third-order valence-corrected chi connectivity index (χ3v) is 5.88. The maximum Gasteiger partial charge on any atom is 0.416 e. The van der Waals surface area contributed by atoms with Gasteiger partial charge >= 0.3 is 11.9 Å². The first-order valence-electron chi connectivity index (χ1n) is 10.2. The van der Waals surface area contributed by atoms with Crippen LogP contribution in [-0.2, 0) is 16.5 Å². The lowest BCUT2D eigenvalue weighted by Gasteiger charge is -2.32. The van der Waals surface area contributed by atoms with Gasteiger partial charge in [0, 0.05) is 36.3 Å². The molecule has 0 N–H and O–H groups in total.